The minimum Gasteiger partial charge on any atom is -0.462 e. The van der Waals surface area contributed by atoms with Crippen molar-refractivity contribution in [3.8, 4) is 0 Å². The van der Waals surface area contributed by atoms with Gasteiger partial charge in [-0.25, -0.2) is 9.13 Å². The van der Waals surface area contributed by atoms with E-state index in [-0.39, 0.29) is 25.7 Å². The third-order valence-corrected chi connectivity index (χ3v) is 18.2. The summed E-state index contributed by atoms with van der Waals surface area (Å²) >= 11 is 0. The molecule has 0 fully saturated rings. The van der Waals surface area contributed by atoms with Crippen LogP contribution in [0.5, 0.6) is 0 Å². The Morgan fingerprint density at radius 2 is 0.519 bits per heavy atom. The van der Waals surface area contributed by atoms with Gasteiger partial charge in [0.15, 0.2) is 12.2 Å². The molecule has 594 valence electrons. The monoisotopic (exact) mass is 1500 g/mol. The predicted octanol–water partition coefficient (Wildman–Crippen LogP) is 23.4. The first-order chi connectivity index (χ1) is 50.7. The Bertz CT molecular complexity index is 2540. The first-order valence-electron chi connectivity index (χ1n) is 40.1. The largest absolute Gasteiger partial charge is 0.472 e. The number of phosphoric acid groups is 2. The van der Waals surface area contributed by atoms with Crippen molar-refractivity contribution < 1.29 is 80.2 Å². The molecule has 0 aliphatic rings. The molecule has 0 aromatic rings. The molecule has 0 aromatic heterocycles. The van der Waals surface area contributed by atoms with Crippen molar-refractivity contribution in [2.75, 3.05) is 39.6 Å². The van der Waals surface area contributed by atoms with Crippen LogP contribution in [0.2, 0.25) is 0 Å². The van der Waals surface area contributed by atoms with Crippen LogP contribution in [0.15, 0.2) is 146 Å². The molecule has 19 heteroatoms. The van der Waals surface area contributed by atoms with E-state index in [1.54, 1.807) is 0 Å². The normalized spacial score (nSPS) is 14.6. The summed E-state index contributed by atoms with van der Waals surface area (Å²) in [4.78, 5) is 73.0. The summed E-state index contributed by atoms with van der Waals surface area (Å²) in [6.45, 7) is 4.43. The first kappa shape index (κ1) is 98.9. The van der Waals surface area contributed by atoms with Crippen molar-refractivity contribution in [3.05, 3.63) is 146 Å². The molecule has 0 aromatic carbocycles. The number of carbonyl (C=O) groups excluding carboxylic acids is 4. The summed E-state index contributed by atoms with van der Waals surface area (Å²) in [7, 11) is -9.99. The average molecular weight is 1500 g/mol. The van der Waals surface area contributed by atoms with Crippen LogP contribution in [0.1, 0.15) is 310 Å². The Labute approximate surface area is 630 Å². The molecule has 17 nitrogen and oxygen atoms in total. The second-order valence-corrected chi connectivity index (χ2v) is 29.1. The SMILES string of the molecule is CC/C=C\C/C=C\C/C=C\C/C=C\C/C=C\C/C=C\CCC(=O)OCC(COP(=O)(O)OCC(O)COP(=O)(O)OCC(COC(=O)CCCCCCC/C=C\C/C=C\C/C=C\CC)OC(=O)CCCCCCCCCCCCCCCCC)OC(=O)CCCCCCC/C=C\C/C=C\C/C=C\CC. The highest BCUT2D eigenvalue weighted by Gasteiger charge is 2.30. The van der Waals surface area contributed by atoms with Crippen molar-refractivity contribution in [2.45, 2.75) is 329 Å². The van der Waals surface area contributed by atoms with Gasteiger partial charge in [-0.15, -0.1) is 0 Å². The Hall–Kier alpha value is -5.06. The number of rotatable bonds is 74. The average Bonchev–Trinajstić information content (AvgIpc) is 0.918. The highest BCUT2D eigenvalue weighted by Crippen LogP contribution is 2.45. The number of hydrogen-bond acceptors (Lipinski definition) is 15. The van der Waals surface area contributed by atoms with Gasteiger partial charge in [0.05, 0.1) is 26.4 Å². The molecule has 0 radical (unpaired) electrons. The summed E-state index contributed by atoms with van der Waals surface area (Å²) in [5.41, 5.74) is 0. The van der Waals surface area contributed by atoms with Gasteiger partial charge in [-0.05, 0) is 128 Å². The summed E-state index contributed by atoms with van der Waals surface area (Å²) in [6, 6.07) is 0. The molecule has 0 rings (SSSR count). The molecule has 0 heterocycles. The number of esters is 4. The van der Waals surface area contributed by atoms with Gasteiger partial charge in [0, 0.05) is 25.7 Å². The van der Waals surface area contributed by atoms with Gasteiger partial charge in [-0.2, -0.15) is 0 Å². The van der Waals surface area contributed by atoms with Gasteiger partial charge >= 0.3 is 39.5 Å². The lowest BCUT2D eigenvalue weighted by Crippen LogP contribution is -2.30. The van der Waals surface area contributed by atoms with Gasteiger partial charge in [0.25, 0.3) is 0 Å². The molecular weight excluding hydrogens is 1350 g/mol. The van der Waals surface area contributed by atoms with E-state index in [0.29, 0.717) is 32.1 Å². The molecule has 0 saturated heterocycles. The fourth-order valence-corrected chi connectivity index (χ4v) is 11.9. The number of phosphoric ester groups is 2. The lowest BCUT2D eigenvalue weighted by Gasteiger charge is -2.21. The maximum absolute atomic E-state index is 13.1. The summed E-state index contributed by atoms with van der Waals surface area (Å²) in [5, 5.41) is 10.6. The van der Waals surface area contributed by atoms with Crippen molar-refractivity contribution in [1.82, 2.24) is 0 Å². The fourth-order valence-electron chi connectivity index (χ4n) is 10.3. The lowest BCUT2D eigenvalue weighted by molar-refractivity contribution is -0.161. The Balaban J connectivity index is 5.45. The van der Waals surface area contributed by atoms with Crippen LogP contribution < -0.4 is 0 Å². The molecule has 0 bridgehead atoms. The van der Waals surface area contributed by atoms with Gasteiger partial charge < -0.3 is 33.8 Å². The summed E-state index contributed by atoms with van der Waals surface area (Å²) < 4.78 is 68.5. The lowest BCUT2D eigenvalue weighted by atomic mass is 10.0. The van der Waals surface area contributed by atoms with Crippen LogP contribution >= 0.6 is 15.6 Å². The van der Waals surface area contributed by atoms with E-state index >= 15 is 0 Å². The molecule has 3 N–H and O–H groups in total. The summed E-state index contributed by atoms with van der Waals surface area (Å²) in [6.07, 6.45) is 87.0. The smallest absolute Gasteiger partial charge is 0.462 e. The Morgan fingerprint density at radius 3 is 0.827 bits per heavy atom. The molecule has 5 unspecified atom stereocenters. The van der Waals surface area contributed by atoms with E-state index in [1.165, 1.54) is 64.2 Å². The standard InChI is InChI=1S/C85H142O17P2/c1-5-9-13-17-21-25-29-33-37-38-39-40-44-46-50-54-58-62-66-70-83(88)96-76-81(102-85(90)72-68-64-60-56-52-48-43-36-32-28-24-20-16-12-8-4)78-100-104(93,94)98-74-79(86)73-97-103(91,92)99-77-80(101-84(89)71-67-63-59-55-51-47-42-35-31-27-23-19-15-11-7-3)75-95-82(87)69-65-61-57-53-49-45-41-34-30-26-22-18-14-10-6-2/h9-10,12-14,16,21-22,24-26,28,33-34,36-37,39-41,43,46,50,58,62,79-81,86H,5-8,11,15,17-20,23,27,29-32,35,38,42,44-45,47-49,51-57,59-61,63-78H2,1-4H3,(H,91,92)(H,93,94)/b13-9-,14-10-,16-12-,25-21-,26-22-,28-24-,37-33-,40-39-,41-34-,43-36-,50-46-,62-58-. The molecule has 0 amide bonds. The van der Waals surface area contributed by atoms with Crippen LogP contribution in [0, 0.1) is 0 Å². The topological polar surface area (TPSA) is 237 Å². The highest BCUT2D eigenvalue weighted by atomic mass is 31.2. The third kappa shape index (κ3) is 75.2. The minimum absolute atomic E-state index is 0.0282. The van der Waals surface area contributed by atoms with E-state index < -0.39 is 97.5 Å². The van der Waals surface area contributed by atoms with Gasteiger partial charge in [-0.1, -0.05) is 302 Å². The number of aliphatic hydroxyl groups excluding tert-OH is 1. The molecule has 0 aliphatic heterocycles. The van der Waals surface area contributed by atoms with Crippen LogP contribution in [0.3, 0.4) is 0 Å². The van der Waals surface area contributed by atoms with Crippen molar-refractivity contribution in [3.63, 3.8) is 0 Å². The maximum atomic E-state index is 13.1. The number of ether oxygens (including phenoxy) is 4. The van der Waals surface area contributed by atoms with Crippen LogP contribution in [-0.4, -0.2) is 96.7 Å². The van der Waals surface area contributed by atoms with Crippen LogP contribution in [0.4, 0.5) is 0 Å². The molecule has 0 saturated carbocycles. The third-order valence-electron chi connectivity index (χ3n) is 16.3. The van der Waals surface area contributed by atoms with Gasteiger partial charge in [-0.3, -0.25) is 37.3 Å². The Morgan fingerprint density at radius 1 is 0.279 bits per heavy atom. The van der Waals surface area contributed by atoms with E-state index in [9.17, 15) is 43.2 Å². The number of unbranched alkanes of at least 4 members (excludes halogenated alkanes) is 24. The molecular formula is C85H142O17P2. The second-order valence-electron chi connectivity index (χ2n) is 26.2. The maximum Gasteiger partial charge on any atom is 0.472 e. The molecule has 0 spiro atoms. The van der Waals surface area contributed by atoms with Crippen molar-refractivity contribution in [2.24, 2.45) is 0 Å². The van der Waals surface area contributed by atoms with E-state index in [0.717, 1.165) is 161 Å². The van der Waals surface area contributed by atoms with Crippen molar-refractivity contribution in [1.29, 1.82) is 0 Å². The zero-order valence-corrected chi connectivity index (χ0v) is 66.7. The molecule has 0 aliphatic carbocycles. The zero-order valence-electron chi connectivity index (χ0n) is 64.9. The first-order valence-corrected chi connectivity index (χ1v) is 43.1. The van der Waals surface area contributed by atoms with Crippen molar-refractivity contribution >= 4 is 39.5 Å². The number of allylic oxidation sites excluding steroid dienone is 24. The van der Waals surface area contributed by atoms with E-state index in [1.807, 2.05) is 18.2 Å². The quantitative estimate of drug-likeness (QED) is 0.0169. The second kappa shape index (κ2) is 76.1. The van der Waals surface area contributed by atoms with Crippen LogP contribution in [0.25, 0.3) is 0 Å². The number of aliphatic hydroxyl groups is 1. The van der Waals surface area contributed by atoms with E-state index in [4.69, 9.17) is 37.0 Å². The predicted molar refractivity (Wildman–Crippen MR) is 427 cm³/mol. The van der Waals surface area contributed by atoms with Gasteiger partial charge in [0.1, 0.15) is 19.3 Å². The Kier molecular flexibility index (Phi) is 72.4. The summed E-state index contributed by atoms with van der Waals surface area (Å²) in [5.74, 6) is -2.31. The van der Waals surface area contributed by atoms with Gasteiger partial charge in [0.2, 0.25) is 0 Å². The van der Waals surface area contributed by atoms with Crippen LogP contribution in [-0.2, 0) is 65.4 Å². The fraction of sp³-hybridized carbons (Fsp3) is 0.671. The zero-order chi connectivity index (χ0) is 76.0. The van der Waals surface area contributed by atoms with E-state index in [2.05, 4.69) is 155 Å². The molecule has 104 heavy (non-hydrogen) atoms. The number of hydrogen-bond donors (Lipinski definition) is 3. The number of carbonyl (C=O) groups is 4. The minimum atomic E-state index is -5.00. The molecule has 5 atom stereocenters. The highest BCUT2D eigenvalue weighted by molar-refractivity contribution is 7.47.